The molecule has 0 bridgehead atoms. The van der Waals surface area contributed by atoms with Gasteiger partial charge in [-0.05, 0) is 43.0 Å². The molecule has 0 saturated carbocycles. The highest BCUT2D eigenvalue weighted by Crippen LogP contribution is 2.33. The van der Waals surface area contributed by atoms with Gasteiger partial charge in [-0.15, -0.1) is 11.3 Å². The summed E-state index contributed by atoms with van der Waals surface area (Å²) in [6.45, 7) is 11.0. The normalized spacial score (nSPS) is 24.3. The van der Waals surface area contributed by atoms with Gasteiger partial charge in [-0.2, -0.15) is 0 Å². The van der Waals surface area contributed by atoms with Gasteiger partial charge in [0.15, 0.2) is 0 Å². The monoisotopic (exact) mass is 308 g/mol. The Bertz CT molecular complexity index is 455. The fourth-order valence-corrected chi connectivity index (χ4v) is 4.01. The van der Waals surface area contributed by atoms with Crippen LogP contribution in [-0.4, -0.2) is 22.9 Å². The van der Waals surface area contributed by atoms with Crippen LogP contribution in [0.4, 0.5) is 0 Å². The number of hydrogen-bond acceptors (Lipinski definition) is 3. The van der Waals surface area contributed by atoms with E-state index in [2.05, 4.69) is 62.3 Å². The quantitative estimate of drug-likeness (QED) is 0.860. The fourth-order valence-electron chi connectivity index (χ4n) is 3.22. The van der Waals surface area contributed by atoms with E-state index >= 15 is 0 Å². The van der Waals surface area contributed by atoms with Crippen molar-refractivity contribution in [2.24, 2.45) is 11.8 Å². The minimum absolute atomic E-state index is 0.0355. The van der Waals surface area contributed by atoms with Gasteiger partial charge in [0.2, 0.25) is 5.91 Å². The molecule has 1 amide bonds. The lowest BCUT2D eigenvalue weighted by atomic mass is 10.0. The summed E-state index contributed by atoms with van der Waals surface area (Å²) < 4.78 is 0. The van der Waals surface area contributed by atoms with Crippen LogP contribution in [0.2, 0.25) is 0 Å². The maximum atomic E-state index is 12.8. The summed E-state index contributed by atoms with van der Waals surface area (Å²) >= 11 is 1.73. The Balaban J connectivity index is 2.21. The van der Waals surface area contributed by atoms with Crippen molar-refractivity contribution in [1.82, 2.24) is 10.2 Å². The van der Waals surface area contributed by atoms with E-state index in [0.717, 1.165) is 12.8 Å². The van der Waals surface area contributed by atoms with E-state index in [1.807, 2.05) is 0 Å². The first-order chi connectivity index (χ1) is 9.90. The van der Waals surface area contributed by atoms with E-state index < -0.39 is 0 Å². The number of hydrogen-bond donors (Lipinski definition) is 1. The second-order valence-electron chi connectivity index (χ2n) is 6.99. The lowest BCUT2D eigenvalue weighted by Gasteiger charge is -2.31. The molecule has 0 aromatic carbocycles. The van der Waals surface area contributed by atoms with Crippen LogP contribution in [-0.2, 0) is 4.79 Å². The van der Waals surface area contributed by atoms with Crippen LogP contribution in [0.3, 0.4) is 0 Å². The highest BCUT2D eigenvalue weighted by Gasteiger charge is 2.42. The third-order valence-electron chi connectivity index (χ3n) is 4.00. The molecule has 1 aromatic heterocycles. The predicted octanol–water partition coefficient (Wildman–Crippen LogP) is 4.03. The number of carbonyl (C=O) groups is 1. The Labute approximate surface area is 132 Å². The van der Waals surface area contributed by atoms with Crippen LogP contribution in [0, 0.1) is 11.8 Å². The van der Waals surface area contributed by atoms with Crippen molar-refractivity contribution in [2.75, 3.05) is 0 Å². The van der Waals surface area contributed by atoms with E-state index in [0.29, 0.717) is 11.8 Å². The number of thiophene rings is 1. The largest absolute Gasteiger partial charge is 0.318 e. The number of nitrogens with one attached hydrogen (secondary N) is 1. The van der Waals surface area contributed by atoms with E-state index in [4.69, 9.17) is 0 Å². The van der Waals surface area contributed by atoms with Crippen molar-refractivity contribution >= 4 is 17.2 Å². The molecule has 3 nitrogen and oxygen atoms in total. The maximum Gasteiger partial charge on any atom is 0.241 e. The van der Waals surface area contributed by atoms with Crippen molar-refractivity contribution < 1.29 is 4.79 Å². The second kappa shape index (κ2) is 6.93. The molecule has 4 heteroatoms. The Morgan fingerprint density at radius 1 is 1.24 bits per heavy atom. The van der Waals surface area contributed by atoms with Crippen molar-refractivity contribution in [3.05, 3.63) is 22.4 Å². The van der Waals surface area contributed by atoms with Crippen molar-refractivity contribution in [3.63, 3.8) is 0 Å². The summed E-state index contributed by atoms with van der Waals surface area (Å²) in [5, 5.41) is 5.65. The highest BCUT2D eigenvalue weighted by atomic mass is 32.1. The van der Waals surface area contributed by atoms with E-state index in [-0.39, 0.29) is 24.2 Å². The molecule has 0 radical (unpaired) electrons. The molecule has 3 unspecified atom stereocenters. The lowest BCUT2D eigenvalue weighted by Crippen LogP contribution is -2.39. The minimum Gasteiger partial charge on any atom is -0.318 e. The lowest BCUT2D eigenvalue weighted by molar-refractivity contribution is -0.132. The number of carbonyl (C=O) groups excluding carboxylic acids is 1. The van der Waals surface area contributed by atoms with Crippen molar-refractivity contribution in [2.45, 2.75) is 65.7 Å². The van der Waals surface area contributed by atoms with Crippen LogP contribution in [0.15, 0.2) is 17.5 Å². The molecule has 21 heavy (non-hydrogen) atoms. The molecule has 0 aliphatic carbocycles. The van der Waals surface area contributed by atoms with Crippen LogP contribution in [0.1, 0.15) is 58.5 Å². The average Bonchev–Trinajstić information content (AvgIpc) is 2.96. The molecule has 3 atom stereocenters. The van der Waals surface area contributed by atoms with Crippen LogP contribution in [0.25, 0.3) is 0 Å². The minimum atomic E-state index is -0.0355. The van der Waals surface area contributed by atoms with E-state index in [1.54, 1.807) is 11.3 Å². The van der Waals surface area contributed by atoms with E-state index in [9.17, 15) is 4.79 Å². The van der Waals surface area contributed by atoms with Gasteiger partial charge >= 0.3 is 0 Å². The molecule has 1 N–H and O–H groups in total. The number of amides is 1. The molecular formula is C17H28N2OS. The molecule has 0 spiro atoms. The standard InChI is InChI=1S/C17H28N2OS/c1-11(2)9-13(5)19-16(15-7-6-8-21-15)18-14(17(19)20)10-12(3)4/h6-8,11-14,16,18H,9-10H2,1-5H3. The zero-order valence-electron chi connectivity index (χ0n) is 13.8. The molecule has 1 aliphatic heterocycles. The van der Waals surface area contributed by atoms with Gasteiger partial charge in [0.25, 0.3) is 0 Å². The summed E-state index contributed by atoms with van der Waals surface area (Å²) in [4.78, 5) is 16.2. The predicted molar refractivity (Wildman–Crippen MR) is 89.2 cm³/mol. The zero-order valence-corrected chi connectivity index (χ0v) is 14.6. The Kier molecular flexibility index (Phi) is 5.44. The van der Waals surface area contributed by atoms with Gasteiger partial charge in [0.05, 0.1) is 6.04 Å². The topological polar surface area (TPSA) is 32.3 Å². The third kappa shape index (κ3) is 3.86. The summed E-state index contributed by atoms with van der Waals surface area (Å²) in [5.74, 6) is 1.40. The van der Waals surface area contributed by atoms with Gasteiger partial charge in [0, 0.05) is 10.9 Å². The first kappa shape index (κ1) is 16.5. The summed E-state index contributed by atoms with van der Waals surface area (Å²) in [7, 11) is 0. The van der Waals surface area contributed by atoms with Gasteiger partial charge < -0.3 is 4.90 Å². The molecule has 1 aliphatic rings. The Morgan fingerprint density at radius 3 is 2.48 bits per heavy atom. The van der Waals surface area contributed by atoms with E-state index in [1.165, 1.54) is 4.88 Å². The van der Waals surface area contributed by atoms with Crippen molar-refractivity contribution in [1.29, 1.82) is 0 Å². The zero-order chi connectivity index (χ0) is 15.6. The first-order valence-electron chi connectivity index (χ1n) is 8.01. The van der Waals surface area contributed by atoms with Gasteiger partial charge in [-0.25, -0.2) is 0 Å². The molecule has 2 rings (SSSR count). The molecular weight excluding hydrogens is 280 g/mol. The van der Waals surface area contributed by atoms with Gasteiger partial charge in [0.1, 0.15) is 6.17 Å². The maximum absolute atomic E-state index is 12.8. The Hall–Kier alpha value is -0.870. The van der Waals surface area contributed by atoms with Crippen LogP contribution < -0.4 is 5.32 Å². The van der Waals surface area contributed by atoms with Gasteiger partial charge in [-0.3, -0.25) is 10.1 Å². The molecule has 118 valence electrons. The first-order valence-corrected chi connectivity index (χ1v) is 8.89. The highest BCUT2D eigenvalue weighted by molar-refractivity contribution is 7.10. The van der Waals surface area contributed by atoms with Crippen molar-refractivity contribution in [3.8, 4) is 0 Å². The molecule has 2 heterocycles. The van der Waals surface area contributed by atoms with Gasteiger partial charge in [-0.1, -0.05) is 33.8 Å². The summed E-state index contributed by atoms with van der Waals surface area (Å²) in [6, 6.07) is 4.43. The summed E-state index contributed by atoms with van der Waals surface area (Å²) in [6.07, 6.45) is 2.00. The third-order valence-corrected chi connectivity index (χ3v) is 4.92. The second-order valence-corrected chi connectivity index (χ2v) is 7.97. The average molecular weight is 308 g/mol. The summed E-state index contributed by atoms with van der Waals surface area (Å²) in [5.41, 5.74) is 0. The molecule has 1 aromatic rings. The van der Waals surface area contributed by atoms with Crippen LogP contribution in [0.5, 0.6) is 0 Å². The number of rotatable bonds is 6. The number of nitrogens with zero attached hydrogens (tertiary/aromatic N) is 1. The fraction of sp³-hybridized carbons (Fsp3) is 0.706. The Morgan fingerprint density at radius 2 is 1.95 bits per heavy atom. The smallest absolute Gasteiger partial charge is 0.241 e. The molecule has 1 fully saturated rings. The molecule has 1 saturated heterocycles. The SMILES string of the molecule is CC(C)CC1NC(c2cccs2)N(C(C)CC(C)C)C1=O. The van der Waals surface area contributed by atoms with Crippen LogP contribution >= 0.6 is 11.3 Å².